The topological polar surface area (TPSA) is 110 Å². The van der Waals surface area contributed by atoms with Crippen molar-refractivity contribution in [3.05, 3.63) is 98.2 Å². The Kier molecular flexibility index (Phi) is 5.12. The minimum Gasteiger partial charge on any atom is -0.366 e. The van der Waals surface area contributed by atoms with Crippen LogP contribution in [0.25, 0.3) is 0 Å². The number of nitro benzene ring substituents is 1. The largest absolute Gasteiger partial charge is 0.366 e. The van der Waals surface area contributed by atoms with Crippen molar-refractivity contribution in [3.8, 4) is 0 Å². The number of rotatable bonds is 4. The Hall–Kier alpha value is -4.01. The van der Waals surface area contributed by atoms with E-state index < -0.39 is 4.92 Å². The number of hydrogen-bond acceptors (Lipinski definition) is 6. The molecule has 9 nitrogen and oxygen atoms in total. The smallest absolute Gasteiger partial charge is 0.269 e. The van der Waals surface area contributed by atoms with Crippen molar-refractivity contribution in [2.45, 2.75) is 37.9 Å². The molecule has 1 N–H and O–H groups in total. The first-order chi connectivity index (χ1) is 17.0. The zero-order valence-electron chi connectivity index (χ0n) is 19.0. The van der Waals surface area contributed by atoms with E-state index in [9.17, 15) is 19.7 Å². The van der Waals surface area contributed by atoms with E-state index in [0.29, 0.717) is 26.1 Å². The van der Waals surface area contributed by atoms with Crippen LogP contribution in [0, 0.1) is 22.0 Å². The molecule has 0 spiro atoms. The van der Waals surface area contributed by atoms with Crippen LogP contribution in [0.5, 0.6) is 0 Å². The molecular formula is C26H25N5O4. The number of nitrogens with one attached hydrogen (secondary N) is 1. The molecule has 4 atom stereocenters. The monoisotopic (exact) mass is 471 g/mol. The van der Waals surface area contributed by atoms with Crippen LogP contribution in [0.1, 0.15) is 29.3 Å². The van der Waals surface area contributed by atoms with Gasteiger partial charge in [-0.1, -0.05) is 12.1 Å². The Morgan fingerprint density at radius 1 is 1.14 bits per heavy atom. The molecule has 9 heteroatoms. The Labute approximate surface area is 201 Å². The molecule has 0 aliphatic carbocycles. The van der Waals surface area contributed by atoms with Crippen molar-refractivity contribution in [1.29, 1.82) is 0 Å². The molecule has 1 aromatic carbocycles. The van der Waals surface area contributed by atoms with Gasteiger partial charge in [0, 0.05) is 60.8 Å². The highest BCUT2D eigenvalue weighted by atomic mass is 16.6. The Bertz CT molecular complexity index is 1370. The van der Waals surface area contributed by atoms with Crippen LogP contribution < -0.4 is 15.8 Å². The summed E-state index contributed by atoms with van der Waals surface area (Å²) < 4.78 is 1.87. The zero-order chi connectivity index (χ0) is 24.1. The van der Waals surface area contributed by atoms with Crippen molar-refractivity contribution in [2.75, 3.05) is 11.4 Å². The third-order valence-electron chi connectivity index (χ3n) is 7.71. The molecule has 2 aromatic heterocycles. The lowest BCUT2D eigenvalue weighted by molar-refractivity contribution is -0.384. The fourth-order valence-corrected chi connectivity index (χ4v) is 6.26. The molecule has 1 fully saturated rings. The van der Waals surface area contributed by atoms with E-state index in [0.717, 1.165) is 29.1 Å². The number of amides is 1. The summed E-state index contributed by atoms with van der Waals surface area (Å²) in [5.41, 5.74) is 3.59. The van der Waals surface area contributed by atoms with Crippen LogP contribution in [0.2, 0.25) is 0 Å². The number of fused-ring (bicyclic) bond motifs is 8. The predicted molar refractivity (Wildman–Crippen MR) is 129 cm³/mol. The Balaban J connectivity index is 1.38. The number of nitro groups is 1. The molecule has 0 saturated carbocycles. The van der Waals surface area contributed by atoms with E-state index in [-0.39, 0.29) is 40.9 Å². The van der Waals surface area contributed by atoms with Crippen LogP contribution in [0.3, 0.4) is 0 Å². The van der Waals surface area contributed by atoms with Gasteiger partial charge >= 0.3 is 0 Å². The van der Waals surface area contributed by atoms with Gasteiger partial charge in [-0.05, 0) is 48.6 Å². The molecule has 3 aromatic rings. The number of carbonyl (C=O) groups is 1. The van der Waals surface area contributed by atoms with E-state index in [2.05, 4.69) is 15.2 Å². The summed E-state index contributed by atoms with van der Waals surface area (Å²) >= 11 is 0. The highest BCUT2D eigenvalue weighted by molar-refractivity contribution is 5.82. The van der Waals surface area contributed by atoms with Gasteiger partial charge in [0.05, 0.1) is 23.1 Å². The van der Waals surface area contributed by atoms with Crippen LogP contribution in [0.15, 0.2) is 65.6 Å². The number of pyridine rings is 2. The van der Waals surface area contributed by atoms with Crippen molar-refractivity contribution >= 4 is 17.3 Å². The number of piperidine rings is 1. The molecule has 3 aliphatic rings. The zero-order valence-corrected chi connectivity index (χ0v) is 19.0. The van der Waals surface area contributed by atoms with Gasteiger partial charge in [-0.15, -0.1) is 0 Å². The van der Waals surface area contributed by atoms with Gasteiger partial charge in [-0.2, -0.15) is 0 Å². The van der Waals surface area contributed by atoms with Crippen LogP contribution in [-0.2, 0) is 24.3 Å². The quantitative estimate of drug-likeness (QED) is 0.463. The SMILES string of the molecule is O=C(NCc1ccccn1)[C@@H]1Cc2cc([N+](=O)[O-])ccc2N2CC3CC(Cn4c3cccc4=O)[C@@H]12. The molecule has 178 valence electrons. The van der Waals surface area contributed by atoms with E-state index >= 15 is 0 Å². The van der Waals surface area contributed by atoms with E-state index in [1.165, 1.54) is 0 Å². The molecule has 35 heavy (non-hydrogen) atoms. The van der Waals surface area contributed by atoms with Gasteiger partial charge in [-0.3, -0.25) is 24.7 Å². The molecule has 1 amide bonds. The predicted octanol–water partition coefficient (Wildman–Crippen LogP) is 2.63. The molecule has 6 rings (SSSR count). The minimum absolute atomic E-state index is 0.00589. The number of benzene rings is 1. The number of hydrogen-bond donors (Lipinski definition) is 1. The van der Waals surface area contributed by atoms with Crippen molar-refractivity contribution in [1.82, 2.24) is 14.9 Å². The molecule has 5 heterocycles. The van der Waals surface area contributed by atoms with Crippen LogP contribution >= 0.6 is 0 Å². The normalized spacial score (nSPS) is 24.1. The summed E-state index contributed by atoms with van der Waals surface area (Å²) in [6.45, 7) is 1.55. The lowest BCUT2D eigenvalue weighted by Gasteiger charge is -2.54. The Morgan fingerprint density at radius 2 is 2.03 bits per heavy atom. The lowest BCUT2D eigenvalue weighted by atomic mass is 9.70. The number of non-ortho nitro benzene ring substituents is 1. The first-order valence-electron chi connectivity index (χ1n) is 11.9. The van der Waals surface area contributed by atoms with E-state index in [1.807, 2.05) is 41.0 Å². The Morgan fingerprint density at radius 3 is 2.83 bits per heavy atom. The number of aromatic nitrogens is 2. The fourth-order valence-electron chi connectivity index (χ4n) is 6.26. The number of nitrogens with zero attached hydrogens (tertiary/aromatic N) is 4. The van der Waals surface area contributed by atoms with Gasteiger partial charge in [-0.25, -0.2) is 0 Å². The van der Waals surface area contributed by atoms with Gasteiger partial charge in [0.2, 0.25) is 5.91 Å². The molecule has 1 saturated heterocycles. The standard InChI is InChI=1S/C26H25N5O4/c32-24-6-3-5-22-17-10-18(15-29(22)24)25-21(26(33)28-13-19-4-1-2-9-27-19)12-16-11-20(31(34)35)7-8-23(16)30(25)14-17/h1-9,11,17-18,21,25H,10,12-15H2,(H,28,33)/t17?,18?,21-,25+/m1/s1. The van der Waals surface area contributed by atoms with Gasteiger partial charge in [0.15, 0.2) is 0 Å². The first kappa shape index (κ1) is 21.5. The third-order valence-corrected chi connectivity index (χ3v) is 7.71. The molecule has 2 unspecified atom stereocenters. The highest BCUT2D eigenvalue weighted by Gasteiger charge is 2.49. The molecule has 0 radical (unpaired) electrons. The molecular weight excluding hydrogens is 446 g/mol. The van der Waals surface area contributed by atoms with Crippen LogP contribution in [-0.4, -0.2) is 33.0 Å². The maximum absolute atomic E-state index is 13.6. The fraction of sp³-hybridized carbons (Fsp3) is 0.346. The summed E-state index contributed by atoms with van der Waals surface area (Å²) in [4.78, 5) is 43.8. The first-order valence-corrected chi connectivity index (χ1v) is 11.9. The highest BCUT2D eigenvalue weighted by Crippen LogP contribution is 2.47. The van der Waals surface area contributed by atoms with Crippen LogP contribution in [0.4, 0.5) is 11.4 Å². The lowest BCUT2D eigenvalue weighted by Crippen LogP contribution is -2.61. The number of anilines is 1. The number of carbonyl (C=O) groups excluding carboxylic acids is 1. The van der Waals surface area contributed by atoms with Gasteiger partial charge in [0.25, 0.3) is 11.2 Å². The molecule has 2 bridgehead atoms. The van der Waals surface area contributed by atoms with Gasteiger partial charge < -0.3 is 14.8 Å². The minimum atomic E-state index is -0.393. The summed E-state index contributed by atoms with van der Waals surface area (Å²) in [5.74, 6) is -0.194. The van der Waals surface area contributed by atoms with E-state index in [1.54, 1.807) is 24.4 Å². The average molecular weight is 472 g/mol. The van der Waals surface area contributed by atoms with Crippen molar-refractivity contribution in [2.24, 2.45) is 11.8 Å². The van der Waals surface area contributed by atoms with Gasteiger partial charge in [0.1, 0.15) is 0 Å². The van der Waals surface area contributed by atoms with E-state index in [4.69, 9.17) is 0 Å². The second-order valence-electron chi connectivity index (χ2n) is 9.65. The second-order valence-corrected chi connectivity index (χ2v) is 9.65. The summed E-state index contributed by atoms with van der Waals surface area (Å²) in [6, 6.07) is 15.9. The third kappa shape index (κ3) is 3.67. The summed E-state index contributed by atoms with van der Waals surface area (Å²) in [6.07, 6.45) is 3.03. The maximum Gasteiger partial charge on any atom is 0.269 e. The molecule has 3 aliphatic heterocycles. The maximum atomic E-state index is 13.6. The van der Waals surface area contributed by atoms with Crippen molar-refractivity contribution < 1.29 is 9.72 Å². The van der Waals surface area contributed by atoms with Crippen molar-refractivity contribution in [3.63, 3.8) is 0 Å². The summed E-state index contributed by atoms with van der Waals surface area (Å²) in [7, 11) is 0. The second kappa shape index (κ2) is 8.33. The summed E-state index contributed by atoms with van der Waals surface area (Å²) in [5, 5.41) is 14.5. The average Bonchev–Trinajstić information content (AvgIpc) is 2.87.